The van der Waals surface area contributed by atoms with Crippen LogP contribution in [0.3, 0.4) is 0 Å². The van der Waals surface area contributed by atoms with E-state index >= 15 is 0 Å². The summed E-state index contributed by atoms with van der Waals surface area (Å²) in [5.74, 6) is 0.472. The Morgan fingerprint density at radius 2 is 1.72 bits per heavy atom. The third-order valence-corrected chi connectivity index (χ3v) is 5.22. The van der Waals surface area contributed by atoms with E-state index in [9.17, 15) is 8.42 Å². The van der Waals surface area contributed by atoms with E-state index in [-0.39, 0.29) is 0 Å². The number of nitrogens with zero attached hydrogens (tertiary/aromatic N) is 1. The molecule has 1 aliphatic rings. The van der Waals surface area contributed by atoms with Crippen LogP contribution in [0.4, 0.5) is 0 Å². The first-order valence-corrected chi connectivity index (χ1v) is 7.50. The molecule has 2 aromatic rings. The smallest absolute Gasteiger partial charge is 0.207 e. The van der Waals surface area contributed by atoms with Gasteiger partial charge in [-0.25, -0.2) is 8.42 Å². The fourth-order valence-corrected chi connectivity index (χ4v) is 4.03. The summed E-state index contributed by atoms with van der Waals surface area (Å²) in [6, 6.07) is 13.1. The molecule has 0 radical (unpaired) electrons. The highest BCUT2D eigenvalue weighted by Crippen LogP contribution is 2.26. The first kappa shape index (κ1) is 11.7. The zero-order valence-corrected chi connectivity index (χ0v) is 11.0. The Morgan fingerprint density at radius 3 is 2.39 bits per heavy atom. The van der Waals surface area contributed by atoms with E-state index in [1.807, 2.05) is 30.3 Å². The van der Waals surface area contributed by atoms with Crippen LogP contribution >= 0.6 is 0 Å². The molecule has 0 saturated carbocycles. The maximum atomic E-state index is 12.3. The number of hydrogen-bond donors (Lipinski definition) is 0. The topological polar surface area (TPSA) is 37.4 Å². The van der Waals surface area contributed by atoms with Crippen molar-refractivity contribution in [2.24, 2.45) is 5.92 Å². The molecule has 0 amide bonds. The second kappa shape index (κ2) is 4.07. The summed E-state index contributed by atoms with van der Waals surface area (Å²) in [5.41, 5.74) is 0. The minimum absolute atomic E-state index is 0.396. The first-order chi connectivity index (χ1) is 8.57. The van der Waals surface area contributed by atoms with Crippen LogP contribution in [-0.2, 0) is 10.0 Å². The molecule has 1 saturated heterocycles. The van der Waals surface area contributed by atoms with E-state index < -0.39 is 10.0 Å². The Hall–Kier alpha value is -1.39. The predicted octanol–water partition coefficient (Wildman–Crippen LogP) is 2.48. The number of rotatable bonds is 2. The van der Waals surface area contributed by atoms with Crippen molar-refractivity contribution >= 4 is 20.8 Å². The summed E-state index contributed by atoms with van der Waals surface area (Å²) >= 11 is 0. The van der Waals surface area contributed by atoms with Crippen molar-refractivity contribution in [3.63, 3.8) is 0 Å². The van der Waals surface area contributed by atoms with Crippen LogP contribution in [0.2, 0.25) is 0 Å². The minimum atomic E-state index is -3.29. The number of fused-ring (bicyclic) bond motifs is 1. The van der Waals surface area contributed by atoms with E-state index in [0.717, 1.165) is 10.8 Å². The molecule has 1 fully saturated rings. The van der Waals surface area contributed by atoms with Gasteiger partial charge in [-0.3, -0.25) is 0 Å². The van der Waals surface area contributed by atoms with E-state index in [0.29, 0.717) is 23.9 Å². The summed E-state index contributed by atoms with van der Waals surface area (Å²) in [6.07, 6.45) is 0. The third kappa shape index (κ3) is 1.82. The van der Waals surface area contributed by atoms with Crippen molar-refractivity contribution in [2.75, 3.05) is 13.1 Å². The van der Waals surface area contributed by atoms with Crippen molar-refractivity contribution in [2.45, 2.75) is 11.8 Å². The largest absolute Gasteiger partial charge is 0.243 e. The molecule has 2 aromatic carbocycles. The fourth-order valence-electron chi connectivity index (χ4n) is 2.31. The molecule has 0 atom stereocenters. The summed E-state index contributed by atoms with van der Waals surface area (Å²) in [5, 5.41) is 2.03. The molecule has 0 bridgehead atoms. The van der Waals surface area contributed by atoms with Gasteiger partial charge in [0.2, 0.25) is 10.0 Å². The summed E-state index contributed by atoms with van der Waals surface area (Å²) in [7, 11) is -3.29. The Bertz CT molecular complexity index is 688. The number of benzene rings is 2. The Balaban J connectivity index is 2.04. The molecule has 0 unspecified atom stereocenters. The standard InChI is InChI=1S/C14H15NO2S/c1-11-9-15(10-11)18(16,17)14-7-6-12-4-2-3-5-13(12)8-14/h2-8,11H,9-10H2,1H3. The van der Waals surface area contributed by atoms with Crippen LogP contribution in [0.25, 0.3) is 10.8 Å². The molecule has 4 heteroatoms. The van der Waals surface area contributed by atoms with Crippen LogP contribution < -0.4 is 0 Å². The van der Waals surface area contributed by atoms with Gasteiger partial charge in [0.25, 0.3) is 0 Å². The zero-order valence-electron chi connectivity index (χ0n) is 10.2. The van der Waals surface area contributed by atoms with Crippen molar-refractivity contribution in [1.29, 1.82) is 0 Å². The van der Waals surface area contributed by atoms with E-state index in [4.69, 9.17) is 0 Å². The molecule has 3 rings (SSSR count). The average Bonchev–Trinajstić information content (AvgIpc) is 2.34. The van der Waals surface area contributed by atoms with Crippen LogP contribution in [-0.4, -0.2) is 25.8 Å². The van der Waals surface area contributed by atoms with Gasteiger partial charge in [-0.2, -0.15) is 4.31 Å². The molecule has 1 aliphatic heterocycles. The summed E-state index contributed by atoms with van der Waals surface area (Å²) in [6.45, 7) is 3.33. The minimum Gasteiger partial charge on any atom is -0.207 e. The average molecular weight is 261 g/mol. The highest BCUT2D eigenvalue weighted by Gasteiger charge is 2.34. The van der Waals surface area contributed by atoms with Crippen LogP contribution in [0, 0.1) is 5.92 Å². The van der Waals surface area contributed by atoms with Crippen molar-refractivity contribution in [3.05, 3.63) is 42.5 Å². The predicted molar refractivity (Wildman–Crippen MR) is 71.9 cm³/mol. The number of sulfonamides is 1. The van der Waals surface area contributed by atoms with Crippen LogP contribution in [0.1, 0.15) is 6.92 Å². The molecule has 0 spiro atoms. The fraction of sp³-hybridized carbons (Fsp3) is 0.286. The maximum absolute atomic E-state index is 12.3. The van der Waals surface area contributed by atoms with E-state index in [2.05, 4.69) is 6.92 Å². The molecule has 0 aliphatic carbocycles. The highest BCUT2D eigenvalue weighted by atomic mass is 32.2. The quantitative estimate of drug-likeness (QED) is 0.833. The van der Waals surface area contributed by atoms with E-state index in [1.165, 1.54) is 0 Å². The maximum Gasteiger partial charge on any atom is 0.243 e. The molecule has 3 nitrogen and oxygen atoms in total. The van der Waals surface area contributed by atoms with E-state index in [1.54, 1.807) is 16.4 Å². The first-order valence-electron chi connectivity index (χ1n) is 6.06. The number of hydrogen-bond acceptors (Lipinski definition) is 2. The highest BCUT2D eigenvalue weighted by molar-refractivity contribution is 7.89. The normalized spacial score (nSPS) is 17.8. The SMILES string of the molecule is CC1CN(S(=O)(=O)c2ccc3ccccc3c2)C1. The molecular formula is C14H15NO2S. The Labute approximate surface area is 107 Å². The summed E-state index contributed by atoms with van der Waals surface area (Å²) in [4.78, 5) is 0.396. The lowest BCUT2D eigenvalue weighted by molar-refractivity contribution is 0.218. The monoisotopic (exact) mass is 261 g/mol. The molecular weight excluding hydrogens is 246 g/mol. The second-order valence-electron chi connectivity index (χ2n) is 4.94. The second-order valence-corrected chi connectivity index (χ2v) is 6.87. The Kier molecular flexibility index (Phi) is 2.64. The van der Waals surface area contributed by atoms with Gasteiger partial charge >= 0.3 is 0 Å². The van der Waals surface area contributed by atoms with Gasteiger partial charge in [0.1, 0.15) is 0 Å². The van der Waals surface area contributed by atoms with Gasteiger partial charge in [-0.15, -0.1) is 0 Å². The molecule has 18 heavy (non-hydrogen) atoms. The lowest BCUT2D eigenvalue weighted by Crippen LogP contribution is -2.48. The van der Waals surface area contributed by atoms with Crippen LogP contribution in [0.15, 0.2) is 47.4 Å². The third-order valence-electron chi connectivity index (χ3n) is 3.39. The molecule has 0 aromatic heterocycles. The molecule has 0 N–H and O–H groups in total. The lowest BCUT2D eigenvalue weighted by Gasteiger charge is -2.35. The van der Waals surface area contributed by atoms with Gasteiger partial charge in [0.05, 0.1) is 4.90 Å². The summed E-state index contributed by atoms with van der Waals surface area (Å²) < 4.78 is 26.2. The molecule has 94 valence electrons. The van der Waals surface area contributed by atoms with Gasteiger partial charge in [-0.05, 0) is 28.8 Å². The van der Waals surface area contributed by atoms with Gasteiger partial charge in [0.15, 0.2) is 0 Å². The van der Waals surface area contributed by atoms with Gasteiger partial charge < -0.3 is 0 Å². The van der Waals surface area contributed by atoms with Crippen molar-refractivity contribution in [1.82, 2.24) is 4.31 Å². The zero-order chi connectivity index (χ0) is 12.8. The van der Waals surface area contributed by atoms with Gasteiger partial charge in [-0.1, -0.05) is 37.3 Å². The lowest BCUT2D eigenvalue weighted by atomic mass is 10.1. The van der Waals surface area contributed by atoms with Crippen molar-refractivity contribution < 1.29 is 8.42 Å². The van der Waals surface area contributed by atoms with Crippen molar-refractivity contribution in [3.8, 4) is 0 Å². The van der Waals surface area contributed by atoms with Gasteiger partial charge in [0, 0.05) is 13.1 Å². The molecule has 1 heterocycles. The Morgan fingerprint density at radius 1 is 1.06 bits per heavy atom. The van der Waals surface area contributed by atoms with Crippen LogP contribution in [0.5, 0.6) is 0 Å².